The third kappa shape index (κ3) is 13.1. The van der Waals surface area contributed by atoms with Crippen LogP contribution < -0.4 is 14.2 Å². The first-order valence-electron chi connectivity index (χ1n) is 11.6. The molecule has 0 aliphatic rings. The number of rotatable bonds is 11. The van der Waals surface area contributed by atoms with Gasteiger partial charge in [-0.3, -0.25) is 0 Å². The van der Waals surface area contributed by atoms with Gasteiger partial charge >= 0.3 is 0 Å². The van der Waals surface area contributed by atoms with E-state index >= 15 is 0 Å². The van der Waals surface area contributed by atoms with Gasteiger partial charge in [-0.25, -0.2) is 19.1 Å². The van der Waals surface area contributed by atoms with Crippen LogP contribution in [0.4, 0.5) is 0 Å². The Morgan fingerprint density at radius 2 is 1.09 bits per heavy atom. The molecule has 0 spiro atoms. The van der Waals surface area contributed by atoms with Crippen LogP contribution in [-0.2, 0) is 42.1 Å². The first-order valence-corrected chi connectivity index (χ1v) is 11.6. The molecule has 0 radical (unpaired) electrons. The summed E-state index contributed by atoms with van der Waals surface area (Å²) in [5.41, 5.74) is 3.49. The van der Waals surface area contributed by atoms with Gasteiger partial charge in [0, 0.05) is 42.1 Å². The average molecular weight is 812 g/mol. The quantitative estimate of drug-likeness (QED) is 0.145. The van der Waals surface area contributed by atoms with Gasteiger partial charge in [0.25, 0.3) is 0 Å². The zero-order valence-corrected chi connectivity index (χ0v) is 26.6. The van der Waals surface area contributed by atoms with Gasteiger partial charge < -0.3 is 21.1 Å². The number of allylic oxidation sites excluding steroid dienone is 1. The molecule has 0 fully saturated rings. The summed E-state index contributed by atoms with van der Waals surface area (Å²) < 4.78 is 16.4. The minimum atomic E-state index is 0. The van der Waals surface area contributed by atoms with Gasteiger partial charge in [-0.1, -0.05) is 56.7 Å². The van der Waals surface area contributed by atoms with E-state index in [2.05, 4.69) is 52.0 Å². The maximum atomic E-state index is 5.66. The van der Waals surface area contributed by atoms with Crippen LogP contribution in [0.5, 0.6) is 17.2 Å². The Hall–Kier alpha value is -1.95. The zero-order chi connectivity index (χ0) is 23.7. The summed E-state index contributed by atoms with van der Waals surface area (Å²) in [4.78, 5) is 0. The zero-order valence-electron chi connectivity index (χ0n) is 20.8. The largest absolute Gasteiger partial charge is 0.525 e. The fourth-order valence-electron chi connectivity index (χ4n) is 2.97. The Morgan fingerprint density at radius 3 is 1.51 bits per heavy atom. The van der Waals surface area contributed by atoms with Crippen LogP contribution in [0.1, 0.15) is 38.7 Å². The monoisotopic (exact) mass is 812 g/mol. The van der Waals surface area contributed by atoms with Gasteiger partial charge in [-0.05, 0) is 67.0 Å². The Bertz CT molecular complexity index is 921. The molecular formula is C30H36O3W2-2. The first kappa shape index (κ1) is 33.0. The minimum absolute atomic E-state index is 0. The van der Waals surface area contributed by atoms with E-state index in [-0.39, 0.29) is 42.1 Å². The van der Waals surface area contributed by atoms with Crippen molar-refractivity contribution in [3.63, 3.8) is 0 Å². The van der Waals surface area contributed by atoms with Crippen molar-refractivity contribution < 1.29 is 56.3 Å². The predicted molar refractivity (Wildman–Crippen MR) is 140 cm³/mol. The van der Waals surface area contributed by atoms with Crippen LogP contribution in [0.2, 0.25) is 0 Å². The summed E-state index contributed by atoms with van der Waals surface area (Å²) >= 11 is 0. The molecule has 0 aromatic heterocycles. The van der Waals surface area contributed by atoms with Crippen molar-refractivity contribution in [2.75, 3.05) is 19.8 Å². The van der Waals surface area contributed by atoms with E-state index < -0.39 is 0 Å². The molecule has 0 amide bonds. The molecule has 0 aliphatic carbocycles. The van der Waals surface area contributed by atoms with Crippen molar-refractivity contribution in [3.8, 4) is 28.4 Å². The van der Waals surface area contributed by atoms with Crippen molar-refractivity contribution in [2.45, 2.75) is 33.1 Å². The van der Waals surface area contributed by atoms with Crippen molar-refractivity contribution in [2.24, 2.45) is 0 Å². The van der Waals surface area contributed by atoms with Crippen LogP contribution in [-0.4, -0.2) is 19.8 Å². The molecule has 0 bridgehead atoms. The molecule has 0 saturated carbocycles. The van der Waals surface area contributed by atoms with E-state index in [9.17, 15) is 0 Å². The van der Waals surface area contributed by atoms with Crippen molar-refractivity contribution in [1.82, 2.24) is 0 Å². The SMILES string of the molecule is [CH2-]/C=C/c1ccc(OCCC)cc1.[CH2-]COc1ccc(-c2ccc(OCCCC)cc2)cc1.[W].[W]. The molecule has 0 saturated heterocycles. The van der Waals surface area contributed by atoms with E-state index in [1.807, 2.05) is 54.6 Å². The number of hydrogen-bond acceptors (Lipinski definition) is 3. The van der Waals surface area contributed by atoms with Crippen LogP contribution in [0.3, 0.4) is 0 Å². The topological polar surface area (TPSA) is 27.7 Å². The second-order valence-corrected chi connectivity index (χ2v) is 7.42. The Labute approximate surface area is 240 Å². The molecule has 3 aromatic carbocycles. The number of benzene rings is 3. The summed E-state index contributed by atoms with van der Waals surface area (Å²) in [5, 5.41) is 0. The molecule has 0 atom stereocenters. The fraction of sp³-hybridized carbons (Fsp3) is 0.267. The van der Waals surface area contributed by atoms with Gasteiger partial charge in [-0.2, -0.15) is 0 Å². The molecule has 0 heterocycles. The van der Waals surface area contributed by atoms with Crippen LogP contribution in [0.25, 0.3) is 17.2 Å². The van der Waals surface area contributed by atoms with Gasteiger partial charge in [0.05, 0.1) is 13.2 Å². The Kier molecular flexibility index (Phi) is 19.1. The van der Waals surface area contributed by atoms with Gasteiger partial charge in [0.15, 0.2) is 0 Å². The van der Waals surface area contributed by atoms with Crippen LogP contribution >= 0.6 is 0 Å². The van der Waals surface area contributed by atoms with Gasteiger partial charge in [0.2, 0.25) is 0 Å². The third-order valence-corrected chi connectivity index (χ3v) is 4.74. The fourth-order valence-corrected chi connectivity index (χ4v) is 2.97. The molecule has 35 heavy (non-hydrogen) atoms. The van der Waals surface area contributed by atoms with Gasteiger partial charge in [-0.15, -0.1) is 5.56 Å². The molecule has 0 N–H and O–H groups in total. The number of unbranched alkanes of at least 4 members (excludes halogenated alkanes) is 1. The number of hydrogen-bond donors (Lipinski definition) is 0. The molecule has 0 aliphatic heterocycles. The van der Waals surface area contributed by atoms with Gasteiger partial charge in [0.1, 0.15) is 17.2 Å². The van der Waals surface area contributed by atoms with E-state index in [1.54, 1.807) is 6.08 Å². The summed E-state index contributed by atoms with van der Waals surface area (Å²) in [6, 6.07) is 24.2. The summed E-state index contributed by atoms with van der Waals surface area (Å²) in [5.74, 6) is 2.71. The average Bonchev–Trinajstić information content (AvgIpc) is 2.86. The third-order valence-electron chi connectivity index (χ3n) is 4.74. The summed E-state index contributed by atoms with van der Waals surface area (Å²) in [7, 11) is 0. The van der Waals surface area contributed by atoms with Crippen LogP contribution in [0.15, 0.2) is 78.9 Å². The molecule has 3 rings (SSSR count). The molecule has 188 valence electrons. The standard InChI is InChI=1S/C18H21O2.C12H15O.2W/c1-3-5-14-20-18-12-8-16(9-13-18)15-6-10-17(11-7-15)19-4-2;1-3-5-11-6-8-12(9-7-11)13-10-4-2;;/h6-13H,2-5,14H2,1H3;3,5-9H,1,4,10H2,2H3;;/q2*-1;;/b;5-3+;;. The normalized spacial score (nSPS) is 9.80. The van der Waals surface area contributed by atoms with Crippen molar-refractivity contribution in [3.05, 3.63) is 98.3 Å². The van der Waals surface area contributed by atoms with E-state index in [1.165, 1.54) is 11.1 Å². The van der Waals surface area contributed by atoms with Crippen molar-refractivity contribution >= 4 is 6.08 Å². The summed E-state index contributed by atoms with van der Waals surface area (Å²) in [6.45, 7) is 13.6. The molecule has 5 heteroatoms. The summed E-state index contributed by atoms with van der Waals surface area (Å²) in [6.07, 6.45) is 7.03. The smallest absolute Gasteiger partial charge is 0.119 e. The Morgan fingerprint density at radius 1 is 0.629 bits per heavy atom. The second kappa shape index (κ2) is 20.3. The maximum Gasteiger partial charge on any atom is 0.119 e. The Balaban J connectivity index is 0.000000677. The predicted octanol–water partition coefficient (Wildman–Crippen LogP) is 8.06. The maximum absolute atomic E-state index is 5.66. The number of ether oxygens (including phenoxy) is 3. The van der Waals surface area contributed by atoms with Crippen molar-refractivity contribution in [1.29, 1.82) is 0 Å². The molecule has 0 unspecified atom stereocenters. The van der Waals surface area contributed by atoms with E-state index in [0.29, 0.717) is 6.61 Å². The first-order chi connectivity index (χ1) is 16.2. The molecule has 3 nitrogen and oxygen atoms in total. The van der Waals surface area contributed by atoms with Crippen LogP contribution in [0, 0.1) is 13.8 Å². The second-order valence-electron chi connectivity index (χ2n) is 7.42. The van der Waals surface area contributed by atoms with E-state index in [4.69, 9.17) is 14.2 Å². The molecule has 3 aromatic rings. The van der Waals surface area contributed by atoms with E-state index in [0.717, 1.165) is 55.3 Å². The molecular weight excluding hydrogens is 776 g/mol. The minimum Gasteiger partial charge on any atom is -0.525 e.